The average Bonchev–Trinajstić information content (AvgIpc) is 2.24. The van der Waals surface area contributed by atoms with Crippen LogP contribution in [0, 0.1) is 0 Å². The summed E-state index contributed by atoms with van der Waals surface area (Å²) in [5.74, 6) is 0. The van der Waals surface area contributed by atoms with Crippen LogP contribution in [0.5, 0.6) is 0 Å². The van der Waals surface area contributed by atoms with Crippen LogP contribution in [0.2, 0.25) is 0 Å². The van der Waals surface area contributed by atoms with Crippen LogP contribution in [-0.2, 0) is 6.54 Å². The van der Waals surface area contributed by atoms with Gasteiger partial charge in [0.1, 0.15) is 0 Å². The van der Waals surface area contributed by atoms with Crippen LogP contribution in [0.15, 0.2) is 30.3 Å². The average molecular weight is 316 g/mol. The number of halogens is 1. The van der Waals surface area contributed by atoms with E-state index in [9.17, 15) is 0 Å². The molecule has 0 amide bonds. The summed E-state index contributed by atoms with van der Waals surface area (Å²) in [6.07, 6.45) is 0. The van der Waals surface area contributed by atoms with Crippen molar-refractivity contribution < 1.29 is 0 Å². The van der Waals surface area contributed by atoms with Crippen molar-refractivity contribution in [2.75, 3.05) is 19.6 Å². The lowest BCUT2D eigenvalue weighted by Gasteiger charge is -2.37. The summed E-state index contributed by atoms with van der Waals surface area (Å²) in [6.45, 7) is 6.93. The first-order chi connectivity index (χ1) is 7.25. The molecule has 0 N–H and O–H groups in total. The molecule has 15 heavy (non-hydrogen) atoms. The quantitative estimate of drug-likeness (QED) is 0.611. The van der Waals surface area contributed by atoms with Gasteiger partial charge < -0.3 is 0 Å². The van der Waals surface area contributed by atoms with Crippen LogP contribution in [0.1, 0.15) is 12.5 Å². The molecule has 0 spiro atoms. The van der Waals surface area contributed by atoms with E-state index in [-0.39, 0.29) is 0 Å². The lowest BCUT2D eigenvalue weighted by molar-refractivity contribution is 0.135. The number of hydrogen-bond donors (Lipinski definition) is 0. The predicted molar refractivity (Wildman–Crippen MR) is 71.9 cm³/mol. The maximum absolute atomic E-state index is 2.56. The second-order valence-electron chi connectivity index (χ2n) is 4.17. The molecular formula is C12H17IN2. The van der Waals surface area contributed by atoms with Crippen molar-refractivity contribution in [2.45, 2.75) is 19.5 Å². The van der Waals surface area contributed by atoms with E-state index in [1.807, 2.05) is 0 Å². The third kappa shape index (κ3) is 3.16. The Hall–Kier alpha value is -0.130. The molecule has 0 bridgehead atoms. The molecule has 1 aliphatic rings. The number of rotatable bonds is 2. The smallest absolute Gasteiger partial charge is 0.0237 e. The van der Waals surface area contributed by atoms with Gasteiger partial charge in [-0.05, 0) is 12.5 Å². The second-order valence-corrected chi connectivity index (χ2v) is 5.54. The Balaban J connectivity index is 1.95. The molecule has 1 atom stereocenters. The highest BCUT2D eigenvalue weighted by molar-refractivity contribution is 14.1. The zero-order chi connectivity index (χ0) is 10.7. The maximum Gasteiger partial charge on any atom is 0.0237 e. The summed E-state index contributed by atoms with van der Waals surface area (Å²) < 4.78 is 2.38. The Kier molecular flexibility index (Phi) is 3.99. The summed E-state index contributed by atoms with van der Waals surface area (Å²) in [6, 6.07) is 11.4. The molecule has 0 saturated carbocycles. The van der Waals surface area contributed by atoms with Crippen molar-refractivity contribution in [3.05, 3.63) is 35.9 Å². The Morgan fingerprint density at radius 3 is 2.67 bits per heavy atom. The highest BCUT2D eigenvalue weighted by Gasteiger charge is 2.21. The molecule has 2 rings (SSSR count). The Bertz CT molecular complexity index is 302. The number of nitrogens with zero attached hydrogens (tertiary/aromatic N) is 2. The zero-order valence-electron chi connectivity index (χ0n) is 9.06. The minimum Gasteiger partial charge on any atom is -0.294 e. The monoisotopic (exact) mass is 316 g/mol. The normalized spacial score (nSPS) is 24.3. The van der Waals surface area contributed by atoms with Crippen molar-refractivity contribution in [1.29, 1.82) is 0 Å². The van der Waals surface area contributed by atoms with E-state index in [0.29, 0.717) is 6.04 Å². The molecule has 1 aromatic carbocycles. The van der Waals surface area contributed by atoms with Gasteiger partial charge in [0, 0.05) is 55.1 Å². The molecule has 1 unspecified atom stereocenters. The third-order valence-electron chi connectivity index (χ3n) is 2.94. The molecule has 1 aliphatic heterocycles. The summed E-state index contributed by atoms with van der Waals surface area (Å²) in [4.78, 5) is 2.56. The number of benzene rings is 1. The lowest BCUT2D eigenvalue weighted by atomic mass is 10.1. The molecule has 1 aromatic rings. The SMILES string of the molecule is CC1CN(I)CCN1Cc1ccccc1. The van der Waals surface area contributed by atoms with Crippen LogP contribution in [0.3, 0.4) is 0 Å². The van der Waals surface area contributed by atoms with E-state index >= 15 is 0 Å². The minimum atomic E-state index is 0.663. The van der Waals surface area contributed by atoms with Crippen molar-refractivity contribution in [3.63, 3.8) is 0 Å². The van der Waals surface area contributed by atoms with Crippen LogP contribution in [-0.4, -0.2) is 33.7 Å². The molecule has 1 fully saturated rings. The standard InChI is InChI=1S/C12H17IN2/c1-11-9-15(13)8-7-14(11)10-12-5-3-2-4-6-12/h2-6,11H,7-10H2,1H3. The molecule has 82 valence electrons. The van der Waals surface area contributed by atoms with Gasteiger partial charge in [-0.15, -0.1) is 0 Å². The first-order valence-electron chi connectivity index (χ1n) is 5.44. The molecule has 1 saturated heterocycles. The van der Waals surface area contributed by atoms with Crippen LogP contribution in [0.25, 0.3) is 0 Å². The van der Waals surface area contributed by atoms with Crippen LogP contribution < -0.4 is 0 Å². The van der Waals surface area contributed by atoms with E-state index in [4.69, 9.17) is 0 Å². The summed E-state index contributed by atoms with van der Waals surface area (Å²) >= 11 is 2.42. The van der Waals surface area contributed by atoms with E-state index in [2.05, 4.69) is 68.1 Å². The molecular weight excluding hydrogens is 299 g/mol. The highest BCUT2D eigenvalue weighted by atomic mass is 127. The van der Waals surface area contributed by atoms with Gasteiger partial charge in [0.25, 0.3) is 0 Å². The Morgan fingerprint density at radius 1 is 1.27 bits per heavy atom. The minimum absolute atomic E-state index is 0.663. The number of piperazine rings is 1. The van der Waals surface area contributed by atoms with Crippen LogP contribution in [0.4, 0.5) is 0 Å². The van der Waals surface area contributed by atoms with Gasteiger partial charge in [-0.2, -0.15) is 0 Å². The van der Waals surface area contributed by atoms with E-state index in [0.717, 1.165) is 6.54 Å². The fourth-order valence-electron chi connectivity index (χ4n) is 2.00. The van der Waals surface area contributed by atoms with Crippen molar-refractivity contribution in [1.82, 2.24) is 8.01 Å². The fourth-order valence-corrected chi connectivity index (χ4v) is 2.79. The third-order valence-corrected chi connectivity index (χ3v) is 3.82. The first kappa shape index (κ1) is 11.4. The van der Waals surface area contributed by atoms with Gasteiger partial charge in [0.15, 0.2) is 0 Å². The van der Waals surface area contributed by atoms with Gasteiger partial charge in [0.2, 0.25) is 0 Å². The van der Waals surface area contributed by atoms with Gasteiger partial charge >= 0.3 is 0 Å². The van der Waals surface area contributed by atoms with Gasteiger partial charge in [-0.1, -0.05) is 30.3 Å². The van der Waals surface area contributed by atoms with Crippen molar-refractivity contribution in [3.8, 4) is 0 Å². The molecule has 0 aliphatic carbocycles. The summed E-state index contributed by atoms with van der Waals surface area (Å²) in [7, 11) is 0. The van der Waals surface area contributed by atoms with Gasteiger partial charge in [-0.25, -0.2) is 3.11 Å². The topological polar surface area (TPSA) is 6.48 Å². The largest absolute Gasteiger partial charge is 0.294 e. The second kappa shape index (κ2) is 5.27. The maximum atomic E-state index is 2.56. The zero-order valence-corrected chi connectivity index (χ0v) is 11.2. The van der Waals surface area contributed by atoms with Gasteiger partial charge in [-0.3, -0.25) is 4.90 Å². The molecule has 1 heterocycles. The first-order valence-corrected chi connectivity index (χ1v) is 6.41. The van der Waals surface area contributed by atoms with Crippen LogP contribution >= 0.6 is 22.9 Å². The molecule has 0 aromatic heterocycles. The predicted octanol–water partition coefficient (Wildman–Crippen LogP) is 2.54. The molecule has 0 radical (unpaired) electrons. The molecule has 2 nitrogen and oxygen atoms in total. The van der Waals surface area contributed by atoms with E-state index in [1.54, 1.807) is 0 Å². The Labute approximate surface area is 106 Å². The van der Waals surface area contributed by atoms with Crippen molar-refractivity contribution >= 4 is 22.9 Å². The fraction of sp³-hybridized carbons (Fsp3) is 0.500. The highest BCUT2D eigenvalue weighted by Crippen LogP contribution is 2.15. The lowest BCUT2D eigenvalue weighted by Crippen LogP contribution is -2.47. The number of hydrogen-bond acceptors (Lipinski definition) is 2. The van der Waals surface area contributed by atoms with E-state index < -0.39 is 0 Å². The summed E-state index contributed by atoms with van der Waals surface area (Å²) in [5.41, 5.74) is 1.42. The summed E-state index contributed by atoms with van der Waals surface area (Å²) in [5, 5.41) is 0. The molecule has 3 heteroatoms. The van der Waals surface area contributed by atoms with Crippen molar-refractivity contribution in [2.24, 2.45) is 0 Å². The van der Waals surface area contributed by atoms with Gasteiger partial charge in [0.05, 0.1) is 0 Å². The Morgan fingerprint density at radius 2 is 2.00 bits per heavy atom. The van der Waals surface area contributed by atoms with E-state index in [1.165, 1.54) is 25.2 Å².